The van der Waals surface area contributed by atoms with E-state index in [0.29, 0.717) is 12.1 Å². The average Bonchev–Trinajstić information content (AvgIpc) is 2.74. The van der Waals surface area contributed by atoms with Crippen LogP contribution in [0.3, 0.4) is 0 Å². The van der Waals surface area contributed by atoms with Crippen molar-refractivity contribution >= 4 is 0 Å². The van der Waals surface area contributed by atoms with Crippen LogP contribution in [-0.4, -0.2) is 6.04 Å². The van der Waals surface area contributed by atoms with E-state index in [1.807, 2.05) is 6.26 Å². The van der Waals surface area contributed by atoms with Crippen LogP contribution in [0.25, 0.3) is 0 Å². The van der Waals surface area contributed by atoms with E-state index in [2.05, 4.69) is 18.3 Å². The molecule has 1 saturated carbocycles. The van der Waals surface area contributed by atoms with Gasteiger partial charge in [0.15, 0.2) is 0 Å². The van der Waals surface area contributed by atoms with Crippen LogP contribution in [0.4, 0.5) is 0 Å². The van der Waals surface area contributed by atoms with Gasteiger partial charge in [0.1, 0.15) is 0 Å². The van der Waals surface area contributed by atoms with Crippen molar-refractivity contribution in [2.45, 2.75) is 64.0 Å². The number of nitrogens with one attached hydrogen (secondary N) is 1. The van der Waals surface area contributed by atoms with Gasteiger partial charge in [-0.25, -0.2) is 0 Å². The first-order valence-corrected chi connectivity index (χ1v) is 6.64. The number of rotatable bonds is 3. The fourth-order valence-corrected chi connectivity index (χ4v) is 2.59. The van der Waals surface area contributed by atoms with Crippen molar-refractivity contribution in [3.05, 3.63) is 24.2 Å². The van der Waals surface area contributed by atoms with Crippen LogP contribution in [0.1, 0.15) is 63.5 Å². The first-order valence-electron chi connectivity index (χ1n) is 6.64. The van der Waals surface area contributed by atoms with Gasteiger partial charge in [-0.05, 0) is 25.8 Å². The lowest BCUT2D eigenvalue weighted by molar-refractivity contribution is 0.362. The summed E-state index contributed by atoms with van der Waals surface area (Å²) in [6.45, 7) is 2.23. The van der Waals surface area contributed by atoms with Crippen LogP contribution in [-0.2, 0) is 0 Å². The zero-order chi connectivity index (χ0) is 11.2. The Bertz CT molecular complexity index is 273. The summed E-state index contributed by atoms with van der Waals surface area (Å²) in [4.78, 5) is 0. The van der Waals surface area contributed by atoms with E-state index in [4.69, 9.17) is 4.42 Å². The van der Waals surface area contributed by atoms with Gasteiger partial charge in [0.25, 0.3) is 0 Å². The van der Waals surface area contributed by atoms with Crippen molar-refractivity contribution in [3.63, 3.8) is 0 Å². The van der Waals surface area contributed by atoms with E-state index in [1.165, 1.54) is 50.5 Å². The van der Waals surface area contributed by atoms with Crippen molar-refractivity contribution in [1.29, 1.82) is 0 Å². The van der Waals surface area contributed by atoms with Gasteiger partial charge < -0.3 is 9.73 Å². The highest BCUT2D eigenvalue weighted by atomic mass is 16.3. The molecule has 2 heteroatoms. The summed E-state index contributed by atoms with van der Waals surface area (Å²) in [6, 6.07) is 3.18. The van der Waals surface area contributed by atoms with E-state index in [9.17, 15) is 0 Å². The molecule has 0 aromatic carbocycles. The number of hydrogen-bond donors (Lipinski definition) is 1. The van der Waals surface area contributed by atoms with Crippen LogP contribution < -0.4 is 5.32 Å². The Kier molecular flexibility index (Phi) is 4.46. The molecule has 0 spiro atoms. The Morgan fingerprint density at radius 2 is 1.88 bits per heavy atom. The zero-order valence-corrected chi connectivity index (χ0v) is 10.2. The average molecular weight is 221 g/mol. The largest absolute Gasteiger partial charge is 0.472 e. The highest BCUT2D eigenvalue weighted by molar-refractivity contribution is 5.10. The lowest BCUT2D eigenvalue weighted by atomic mass is 9.96. The molecule has 0 amide bonds. The van der Waals surface area contributed by atoms with E-state index >= 15 is 0 Å². The maximum Gasteiger partial charge on any atom is 0.0950 e. The van der Waals surface area contributed by atoms with Gasteiger partial charge in [0, 0.05) is 17.6 Å². The molecule has 1 unspecified atom stereocenters. The Labute approximate surface area is 98.4 Å². The summed E-state index contributed by atoms with van der Waals surface area (Å²) in [5, 5.41) is 3.73. The summed E-state index contributed by atoms with van der Waals surface area (Å²) in [5.74, 6) is 0. The fraction of sp³-hybridized carbons (Fsp3) is 0.714. The smallest absolute Gasteiger partial charge is 0.0950 e. The molecule has 16 heavy (non-hydrogen) atoms. The molecule has 1 aromatic rings. The minimum absolute atomic E-state index is 0.420. The van der Waals surface area contributed by atoms with Gasteiger partial charge in [-0.3, -0.25) is 0 Å². The molecular formula is C14H23NO. The molecular weight excluding hydrogens is 198 g/mol. The molecule has 1 aliphatic rings. The summed E-state index contributed by atoms with van der Waals surface area (Å²) < 4.78 is 5.13. The summed E-state index contributed by atoms with van der Waals surface area (Å²) in [7, 11) is 0. The summed E-state index contributed by atoms with van der Waals surface area (Å²) in [6.07, 6.45) is 13.3. The quantitative estimate of drug-likeness (QED) is 0.833. The predicted octanol–water partition coefficient (Wildman–Crippen LogP) is 4.04. The monoisotopic (exact) mass is 221 g/mol. The van der Waals surface area contributed by atoms with Crippen LogP contribution >= 0.6 is 0 Å². The molecule has 1 heterocycles. The molecule has 2 rings (SSSR count). The highest BCUT2D eigenvalue weighted by Gasteiger charge is 2.15. The molecule has 1 atom stereocenters. The van der Waals surface area contributed by atoms with Gasteiger partial charge >= 0.3 is 0 Å². The second kappa shape index (κ2) is 6.09. The normalized spacial score (nSPS) is 21.3. The predicted molar refractivity (Wildman–Crippen MR) is 66.4 cm³/mol. The van der Waals surface area contributed by atoms with Crippen LogP contribution in [0.2, 0.25) is 0 Å². The third kappa shape index (κ3) is 3.38. The highest BCUT2D eigenvalue weighted by Crippen LogP contribution is 2.20. The Morgan fingerprint density at radius 3 is 2.50 bits per heavy atom. The lowest BCUT2D eigenvalue weighted by Crippen LogP contribution is -2.31. The van der Waals surface area contributed by atoms with E-state index in [1.54, 1.807) is 6.26 Å². The molecule has 1 fully saturated rings. The van der Waals surface area contributed by atoms with E-state index in [-0.39, 0.29) is 0 Å². The third-order valence-corrected chi connectivity index (χ3v) is 3.63. The second-order valence-electron chi connectivity index (χ2n) is 4.99. The zero-order valence-electron chi connectivity index (χ0n) is 10.2. The molecule has 2 nitrogen and oxygen atoms in total. The molecule has 90 valence electrons. The van der Waals surface area contributed by atoms with Gasteiger partial charge in [-0.1, -0.05) is 32.1 Å². The molecule has 1 N–H and O–H groups in total. The van der Waals surface area contributed by atoms with Crippen molar-refractivity contribution < 1.29 is 4.42 Å². The Morgan fingerprint density at radius 1 is 1.19 bits per heavy atom. The summed E-state index contributed by atoms with van der Waals surface area (Å²) >= 11 is 0. The summed E-state index contributed by atoms with van der Waals surface area (Å²) in [5.41, 5.74) is 1.27. The van der Waals surface area contributed by atoms with Crippen molar-refractivity contribution in [2.24, 2.45) is 0 Å². The Balaban J connectivity index is 1.82. The van der Waals surface area contributed by atoms with Gasteiger partial charge in [0.05, 0.1) is 12.5 Å². The topological polar surface area (TPSA) is 25.2 Å². The van der Waals surface area contributed by atoms with Gasteiger partial charge in [-0.2, -0.15) is 0 Å². The first kappa shape index (κ1) is 11.7. The molecule has 0 aliphatic heterocycles. The van der Waals surface area contributed by atoms with E-state index in [0.717, 1.165) is 0 Å². The first-order chi connectivity index (χ1) is 7.86. The standard InChI is InChI=1S/C14H23NO/c1-12(13-9-10-16-11-13)15-14-7-5-3-2-4-6-8-14/h9-12,14-15H,2-8H2,1H3. The minimum Gasteiger partial charge on any atom is -0.472 e. The minimum atomic E-state index is 0.420. The molecule has 0 saturated heterocycles. The van der Waals surface area contributed by atoms with Crippen molar-refractivity contribution in [3.8, 4) is 0 Å². The molecule has 1 aromatic heterocycles. The van der Waals surface area contributed by atoms with Crippen molar-refractivity contribution in [2.75, 3.05) is 0 Å². The van der Waals surface area contributed by atoms with Crippen LogP contribution in [0.15, 0.2) is 23.0 Å². The third-order valence-electron chi connectivity index (χ3n) is 3.63. The van der Waals surface area contributed by atoms with Crippen LogP contribution in [0, 0.1) is 0 Å². The Hall–Kier alpha value is -0.760. The molecule has 1 aliphatic carbocycles. The van der Waals surface area contributed by atoms with Gasteiger partial charge in [-0.15, -0.1) is 0 Å². The SMILES string of the molecule is CC(NC1CCCCCCC1)c1ccoc1. The van der Waals surface area contributed by atoms with Crippen LogP contribution in [0.5, 0.6) is 0 Å². The lowest BCUT2D eigenvalue weighted by Gasteiger charge is -2.24. The maximum absolute atomic E-state index is 5.13. The van der Waals surface area contributed by atoms with Gasteiger partial charge in [0.2, 0.25) is 0 Å². The molecule has 0 bridgehead atoms. The molecule has 0 radical (unpaired) electrons. The second-order valence-corrected chi connectivity index (χ2v) is 4.99. The maximum atomic E-state index is 5.13. The van der Waals surface area contributed by atoms with Crippen molar-refractivity contribution in [1.82, 2.24) is 5.32 Å². The fourth-order valence-electron chi connectivity index (χ4n) is 2.59. The number of furan rings is 1. The number of hydrogen-bond acceptors (Lipinski definition) is 2. The van der Waals surface area contributed by atoms with E-state index < -0.39 is 0 Å².